The molecule has 69 heavy (non-hydrogen) atoms. The number of likely N-dealkylation sites (N-methyl/N-ethyl adjacent to an activating group) is 1. The standard InChI is InChI=1S/C57H98N2O7Si3/c1-16-27-30-39-53(63-56(60)57(41-42-57)59(14)49-36-31-29-32-37-49)47(13)54(65-68(21-6,22-7)23-8)46(12)34-33-35-48-44-51(64-67(18-3,19-4)20-5)45-52(55(48)66-69(24-9,25-10)26-11)58-62-43-40-50(61-15)38-28-17-2/h16-17,27-28,30,34,36,38,44-45,47,50,53-54,58H,1-2,18-26,29,31-33,35,37,39-43H2,3-15H3/b30-27+,38-28+,46-34-/t47-,50+,53+,54+/m1/s1. The zero-order valence-corrected chi connectivity index (χ0v) is 48.9. The van der Waals surface area contributed by atoms with Crippen molar-refractivity contribution < 1.29 is 32.4 Å². The lowest BCUT2D eigenvalue weighted by Gasteiger charge is -2.40. The molecule has 1 N–H and O–H groups in total. The highest BCUT2D eigenvalue weighted by molar-refractivity contribution is 6.75. The van der Waals surface area contributed by atoms with E-state index < -0.39 is 30.5 Å². The summed E-state index contributed by atoms with van der Waals surface area (Å²) in [6.07, 6.45) is 24.4. The van der Waals surface area contributed by atoms with Gasteiger partial charge in [0.1, 0.15) is 28.8 Å². The molecule has 0 aromatic heterocycles. The number of methoxy groups -OCH3 is 1. The summed E-state index contributed by atoms with van der Waals surface area (Å²) in [5.41, 5.74) is 7.17. The molecule has 4 atom stereocenters. The van der Waals surface area contributed by atoms with Gasteiger partial charge in [-0.3, -0.25) is 10.3 Å². The fraction of sp³-hybridized carbons (Fsp3) is 0.667. The van der Waals surface area contributed by atoms with E-state index in [4.69, 9.17) is 27.6 Å². The molecule has 0 spiro atoms. The number of hydrogen-bond donors (Lipinski definition) is 1. The lowest BCUT2D eigenvalue weighted by atomic mass is 9.90. The molecule has 9 nitrogen and oxygen atoms in total. The molecule has 1 aromatic carbocycles. The summed E-state index contributed by atoms with van der Waals surface area (Å²) in [6.45, 7) is 33.2. The molecule has 0 unspecified atom stereocenters. The highest BCUT2D eigenvalue weighted by atomic mass is 28.4. The van der Waals surface area contributed by atoms with Crippen LogP contribution in [0.25, 0.3) is 0 Å². The summed E-state index contributed by atoms with van der Waals surface area (Å²) in [5.74, 6) is 1.54. The molecule has 0 bridgehead atoms. The number of carbonyl (C=O) groups is 1. The molecule has 2 aliphatic carbocycles. The van der Waals surface area contributed by atoms with Crippen molar-refractivity contribution in [3.8, 4) is 11.5 Å². The van der Waals surface area contributed by atoms with Gasteiger partial charge in [0.25, 0.3) is 8.32 Å². The zero-order valence-electron chi connectivity index (χ0n) is 45.9. The van der Waals surface area contributed by atoms with Crippen molar-refractivity contribution >= 4 is 36.6 Å². The van der Waals surface area contributed by atoms with Crippen LogP contribution in [-0.4, -0.2) is 80.4 Å². The quantitative estimate of drug-likeness (QED) is 0.0176. The minimum absolute atomic E-state index is 0.0895. The number of allylic oxidation sites excluding steroid dienone is 7. The van der Waals surface area contributed by atoms with E-state index in [9.17, 15) is 4.79 Å². The fourth-order valence-electron chi connectivity index (χ4n) is 10.1. The Morgan fingerprint density at radius 3 is 2.00 bits per heavy atom. The Hall–Kier alpha value is -3.14. The third-order valence-corrected chi connectivity index (χ3v) is 29.8. The summed E-state index contributed by atoms with van der Waals surface area (Å²) in [6, 6.07) is 13.6. The lowest BCUT2D eigenvalue weighted by Crippen LogP contribution is -2.48. The molecule has 1 saturated carbocycles. The number of aryl methyl sites for hydroxylation is 1. The fourth-order valence-corrected chi connectivity index (χ4v) is 18.2. The van der Waals surface area contributed by atoms with E-state index in [2.05, 4.69) is 137 Å². The van der Waals surface area contributed by atoms with Gasteiger partial charge >= 0.3 is 5.97 Å². The Bertz CT molecular complexity index is 1820. The molecular formula is C57H98N2O7Si3. The second-order valence-electron chi connectivity index (χ2n) is 19.8. The van der Waals surface area contributed by atoms with Gasteiger partial charge in [0, 0.05) is 44.7 Å². The van der Waals surface area contributed by atoms with Crippen molar-refractivity contribution in [2.75, 3.05) is 26.2 Å². The molecule has 2 aliphatic rings. The van der Waals surface area contributed by atoms with Crippen LogP contribution in [0.4, 0.5) is 5.69 Å². The Kier molecular flexibility index (Phi) is 26.2. The van der Waals surface area contributed by atoms with Gasteiger partial charge in [0.2, 0.25) is 8.32 Å². The van der Waals surface area contributed by atoms with E-state index in [0.29, 0.717) is 19.4 Å². The predicted molar refractivity (Wildman–Crippen MR) is 300 cm³/mol. The predicted octanol–water partition coefficient (Wildman–Crippen LogP) is 15.8. The van der Waals surface area contributed by atoms with Crippen molar-refractivity contribution in [1.29, 1.82) is 0 Å². The average Bonchev–Trinajstić information content (AvgIpc) is 4.20. The van der Waals surface area contributed by atoms with E-state index in [0.717, 1.165) is 122 Å². The van der Waals surface area contributed by atoms with Crippen molar-refractivity contribution in [2.24, 2.45) is 5.92 Å². The first kappa shape index (κ1) is 60.2. The van der Waals surface area contributed by atoms with Gasteiger partial charge in [0.05, 0.1) is 18.8 Å². The normalized spacial score (nSPS) is 17.2. The lowest BCUT2D eigenvalue weighted by molar-refractivity contribution is -0.160. The molecule has 1 aromatic rings. The number of esters is 1. The molecule has 12 heteroatoms. The summed E-state index contributed by atoms with van der Waals surface area (Å²) in [5, 5.41) is 0. The summed E-state index contributed by atoms with van der Waals surface area (Å²) in [7, 11) is -2.50. The van der Waals surface area contributed by atoms with Gasteiger partial charge < -0.3 is 27.7 Å². The van der Waals surface area contributed by atoms with Crippen molar-refractivity contribution in [3.63, 3.8) is 0 Å². The van der Waals surface area contributed by atoms with Crippen LogP contribution in [0.1, 0.15) is 140 Å². The summed E-state index contributed by atoms with van der Waals surface area (Å²) < 4.78 is 34.5. The Balaban J connectivity index is 2.13. The molecule has 0 saturated heterocycles. The summed E-state index contributed by atoms with van der Waals surface area (Å²) >= 11 is 0. The highest BCUT2D eigenvalue weighted by Crippen LogP contribution is 2.46. The van der Waals surface area contributed by atoms with Crippen LogP contribution >= 0.6 is 0 Å². The van der Waals surface area contributed by atoms with Crippen LogP contribution in [0, 0.1) is 5.92 Å². The molecule has 390 valence electrons. The van der Waals surface area contributed by atoms with Gasteiger partial charge in [-0.1, -0.05) is 131 Å². The number of benzene rings is 1. The van der Waals surface area contributed by atoms with Crippen LogP contribution in [0.3, 0.4) is 0 Å². The van der Waals surface area contributed by atoms with E-state index in [1.54, 1.807) is 19.3 Å². The van der Waals surface area contributed by atoms with Gasteiger partial charge in [-0.25, -0.2) is 4.79 Å². The molecule has 1 fully saturated rings. The number of rotatable bonds is 36. The highest BCUT2D eigenvalue weighted by Gasteiger charge is 2.56. The number of carbonyl (C=O) groups excluding carboxylic acids is 1. The van der Waals surface area contributed by atoms with Crippen molar-refractivity contribution in [2.45, 2.75) is 219 Å². The topological polar surface area (TPSA) is 87.7 Å². The maximum Gasteiger partial charge on any atom is 0.332 e. The molecular weight excluding hydrogens is 909 g/mol. The van der Waals surface area contributed by atoms with Crippen LogP contribution < -0.4 is 14.3 Å². The van der Waals surface area contributed by atoms with Gasteiger partial charge in [0.15, 0.2) is 8.32 Å². The molecule has 0 radical (unpaired) electrons. The largest absolute Gasteiger partial charge is 0.543 e. The first-order valence-corrected chi connectivity index (χ1v) is 34.8. The van der Waals surface area contributed by atoms with Crippen LogP contribution in [-0.2, 0) is 30.0 Å². The Morgan fingerprint density at radius 1 is 0.855 bits per heavy atom. The second kappa shape index (κ2) is 30.0. The average molecular weight is 1010 g/mol. The molecule has 0 aliphatic heterocycles. The van der Waals surface area contributed by atoms with Gasteiger partial charge in [-0.05, 0) is 130 Å². The molecule has 3 rings (SSSR count). The van der Waals surface area contributed by atoms with Crippen LogP contribution in [0.5, 0.6) is 11.5 Å². The third kappa shape index (κ3) is 16.7. The smallest absolute Gasteiger partial charge is 0.332 e. The van der Waals surface area contributed by atoms with E-state index >= 15 is 0 Å². The van der Waals surface area contributed by atoms with Crippen LogP contribution in [0.2, 0.25) is 54.4 Å². The van der Waals surface area contributed by atoms with Gasteiger partial charge in [-0.2, -0.15) is 0 Å². The minimum atomic E-state index is -2.15. The first-order valence-electron chi connectivity index (χ1n) is 27.2. The Labute approximate surface area is 425 Å². The molecule has 0 heterocycles. The monoisotopic (exact) mass is 1010 g/mol. The number of anilines is 1. The maximum atomic E-state index is 14.5. The Morgan fingerprint density at radius 2 is 1.46 bits per heavy atom. The maximum absolute atomic E-state index is 14.5. The van der Waals surface area contributed by atoms with Crippen molar-refractivity contribution in [3.05, 3.63) is 90.7 Å². The summed E-state index contributed by atoms with van der Waals surface area (Å²) in [4.78, 5) is 23.0. The van der Waals surface area contributed by atoms with E-state index in [1.165, 1.54) is 17.7 Å². The first-order chi connectivity index (χ1) is 33.2. The molecule has 0 amide bonds. The van der Waals surface area contributed by atoms with Crippen LogP contribution in [0.15, 0.2) is 85.2 Å². The third-order valence-electron chi connectivity index (χ3n) is 16.2. The SMILES string of the molecule is C=C/C=C/C[C@H](OC(=O)C1(N(C)C2=CCCCC2)CC1)[C@@H](C)[C@@H](O[Si](CC)(CC)CC)/C(C)=C\CCc1cc(O[Si](CC)(CC)CC)cc(NOCC[C@H](/C=C/C=C)OC)c1O[Si](CC)(CC)CC. The second-order valence-corrected chi connectivity index (χ2v) is 33.9. The number of hydrogen-bond acceptors (Lipinski definition) is 9. The van der Waals surface area contributed by atoms with E-state index in [1.807, 2.05) is 18.2 Å². The van der Waals surface area contributed by atoms with Crippen molar-refractivity contribution in [1.82, 2.24) is 4.90 Å². The number of nitrogens with one attached hydrogen (secondary N) is 1. The number of nitrogens with zero attached hydrogens (tertiary/aromatic N) is 1. The van der Waals surface area contributed by atoms with E-state index in [-0.39, 0.29) is 30.2 Å². The minimum Gasteiger partial charge on any atom is -0.543 e. The van der Waals surface area contributed by atoms with Gasteiger partial charge in [-0.15, -0.1) is 0 Å². The number of ether oxygens (including phenoxy) is 2. The zero-order chi connectivity index (χ0) is 51.1.